The number of aliphatic hydroxyl groups excluding tert-OH is 1. The molecule has 4 aromatic rings. The minimum Gasteiger partial charge on any atom is -0.388 e. The van der Waals surface area contributed by atoms with Crippen LogP contribution in [-0.2, 0) is 0 Å². The van der Waals surface area contributed by atoms with E-state index < -0.39 is 6.61 Å². The van der Waals surface area contributed by atoms with Crippen molar-refractivity contribution in [2.24, 2.45) is 0 Å². The van der Waals surface area contributed by atoms with Gasteiger partial charge in [0.15, 0.2) is 5.78 Å². The quantitative estimate of drug-likeness (QED) is 0.453. The third kappa shape index (κ3) is 2.47. The van der Waals surface area contributed by atoms with Gasteiger partial charge in [0.2, 0.25) is 0 Å². The number of ketones is 1. The van der Waals surface area contributed by atoms with Gasteiger partial charge in [-0.25, -0.2) is 0 Å². The molecule has 0 saturated carbocycles. The molecule has 1 heterocycles. The Balaban J connectivity index is 2.06. The smallest absolute Gasteiger partial charge is 0.188 e. The molecule has 1 aromatic heterocycles. The summed E-state index contributed by atoms with van der Waals surface area (Å²) >= 11 is 5.14. The number of hydrogen-bond acceptors (Lipinski definition) is 3. The molecule has 0 bridgehead atoms. The summed E-state index contributed by atoms with van der Waals surface area (Å²) in [6, 6.07) is 20.1. The molecule has 0 atom stereocenters. The van der Waals surface area contributed by atoms with Crippen LogP contribution in [0.3, 0.4) is 0 Å². The van der Waals surface area contributed by atoms with Crippen LogP contribution in [0.2, 0.25) is 0 Å². The molecule has 3 aromatic carbocycles. The maximum Gasteiger partial charge on any atom is 0.188 e. The van der Waals surface area contributed by atoms with Gasteiger partial charge in [0.25, 0.3) is 0 Å². The zero-order valence-corrected chi connectivity index (χ0v) is 15.0. The molecule has 4 rings (SSSR count). The molecule has 1 N–H and O–H groups in total. The van der Waals surface area contributed by atoms with E-state index in [0.717, 1.165) is 20.3 Å². The largest absolute Gasteiger partial charge is 0.388 e. The van der Waals surface area contributed by atoms with Gasteiger partial charge in [-0.05, 0) is 23.8 Å². The predicted octanol–water partition coefficient (Wildman–Crippen LogP) is 5.66. The van der Waals surface area contributed by atoms with E-state index in [1.165, 1.54) is 15.5 Å². The number of halogens is 1. The molecule has 0 aliphatic rings. The first-order valence-corrected chi connectivity index (χ1v) is 9.14. The number of fused-ring (bicyclic) bond motifs is 3. The Kier molecular flexibility index (Phi) is 3.96. The van der Waals surface area contributed by atoms with Gasteiger partial charge in [0, 0.05) is 35.8 Å². The first-order chi connectivity index (χ1) is 11.7. The van der Waals surface area contributed by atoms with E-state index in [0.29, 0.717) is 5.56 Å². The number of hydrogen-bond donors (Lipinski definition) is 1. The van der Waals surface area contributed by atoms with E-state index in [1.54, 1.807) is 17.4 Å². The lowest BCUT2D eigenvalue weighted by Gasteiger charge is -2.10. The van der Waals surface area contributed by atoms with Gasteiger partial charge in [-0.3, -0.25) is 4.79 Å². The fourth-order valence-electron chi connectivity index (χ4n) is 3.03. The maximum absolute atomic E-state index is 12.2. The molecule has 0 saturated heterocycles. The molecule has 0 amide bonds. The minimum absolute atomic E-state index is 0.274. The first kappa shape index (κ1) is 15.5. The highest BCUT2D eigenvalue weighted by atomic mass is 79.9. The Morgan fingerprint density at radius 1 is 0.958 bits per heavy atom. The van der Waals surface area contributed by atoms with Crippen molar-refractivity contribution < 1.29 is 9.90 Å². The van der Waals surface area contributed by atoms with E-state index >= 15 is 0 Å². The average molecular weight is 397 g/mol. The predicted molar refractivity (Wildman–Crippen MR) is 104 cm³/mol. The van der Waals surface area contributed by atoms with Crippen LogP contribution in [0.15, 0.2) is 65.1 Å². The summed E-state index contributed by atoms with van der Waals surface area (Å²) in [5.74, 6) is -0.274. The normalized spacial score (nSPS) is 11.2. The van der Waals surface area contributed by atoms with Crippen LogP contribution in [0.4, 0.5) is 0 Å². The van der Waals surface area contributed by atoms with E-state index in [1.807, 2.05) is 36.4 Å². The standard InChI is InChI=1S/C20H13BrO2S/c21-12-8-9-13(17(10-12)18(23)11-22)15-5-3-6-16-14-4-1-2-7-19(14)24-20(15)16/h1-10,22H,11H2. The molecule has 24 heavy (non-hydrogen) atoms. The van der Waals surface area contributed by atoms with Gasteiger partial charge >= 0.3 is 0 Å². The fraction of sp³-hybridized carbons (Fsp3) is 0.0500. The highest BCUT2D eigenvalue weighted by Crippen LogP contribution is 2.41. The van der Waals surface area contributed by atoms with Crippen molar-refractivity contribution in [1.29, 1.82) is 0 Å². The number of aliphatic hydroxyl groups is 1. The van der Waals surface area contributed by atoms with Gasteiger partial charge in [-0.15, -0.1) is 11.3 Å². The molecule has 2 nitrogen and oxygen atoms in total. The molecule has 0 unspecified atom stereocenters. The lowest BCUT2D eigenvalue weighted by Crippen LogP contribution is -2.06. The van der Waals surface area contributed by atoms with Gasteiger partial charge in [0.1, 0.15) is 6.61 Å². The fourth-order valence-corrected chi connectivity index (χ4v) is 4.62. The van der Waals surface area contributed by atoms with Gasteiger partial charge in [0.05, 0.1) is 0 Å². The van der Waals surface area contributed by atoms with Gasteiger partial charge in [-0.1, -0.05) is 58.4 Å². The Morgan fingerprint density at radius 3 is 2.58 bits per heavy atom. The number of Topliss-reactive ketones (excluding diaryl/α,β-unsaturated/α-hetero) is 1. The molecule has 118 valence electrons. The van der Waals surface area contributed by atoms with Crippen molar-refractivity contribution in [2.75, 3.05) is 6.61 Å². The molecular formula is C20H13BrO2S. The molecule has 4 heteroatoms. The Bertz CT molecular complexity index is 1080. The van der Waals surface area contributed by atoms with Crippen LogP contribution in [0.25, 0.3) is 31.3 Å². The summed E-state index contributed by atoms with van der Waals surface area (Å²) in [6.45, 7) is -0.494. The minimum atomic E-state index is -0.494. The van der Waals surface area contributed by atoms with Crippen LogP contribution in [0.1, 0.15) is 10.4 Å². The Morgan fingerprint density at radius 2 is 1.75 bits per heavy atom. The van der Waals surface area contributed by atoms with Crippen molar-refractivity contribution in [1.82, 2.24) is 0 Å². The second-order valence-electron chi connectivity index (χ2n) is 5.55. The summed E-state index contributed by atoms with van der Waals surface area (Å²) in [6.07, 6.45) is 0. The van der Waals surface area contributed by atoms with Crippen LogP contribution in [0, 0.1) is 0 Å². The third-order valence-corrected chi connectivity index (χ3v) is 5.83. The number of rotatable bonds is 3. The molecule has 0 spiro atoms. The van der Waals surface area contributed by atoms with E-state index in [-0.39, 0.29) is 5.78 Å². The van der Waals surface area contributed by atoms with E-state index in [2.05, 4.69) is 34.1 Å². The molecule has 0 aliphatic carbocycles. The van der Waals surface area contributed by atoms with Crippen LogP contribution >= 0.6 is 27.3 Å². The molecule has 0 radical (unpaired) electrons. The lowest BCUT2D eigenvalue weighted by atomic mass is 9.96. The lowest BCUT2D eigenvalue weighted by molar-refractivity contribution is 0.0904. The van der Waals surface area contributed by atoms with E-state index in [9.17, 15) is 9.90 Å². The summed E-state index contributed by atoms with van der Waals surface area (Å²) in [5, 5.41) is 11.7. The number of benzene rings is 3. The highest BCUT2D eigenvalue weighted by Gasteiger charge is 2.16. The van der Waals surface area contributed by atoms with Crippen molar-refractivity contribution in [3.63, 3.8) is 0 Å². The van der Waals surface area contributed by atoms with Crippen molar-refractivity contribution >= 4 is 53.2 Å². The van der Waals surface area contributed by atoms with Crippen LogP contribution in [0.5, 0.6) is 0 Å². The molecular weight excluding hydrogens is 384 g/mol. The Labute approximate surface area is 151 Å². The van der Waals surface area contributed by atoms with Crippen molar-refractivity contribution in [3.8, 4) is 11.1 Å². The topological polar surface area (TPSA) is 37.3 Å². The first-order valence-electron chi connectivity index (χ1n) is 7.53. The summed E-state index contributed by atoms with van der Waals surface area (Å²) < 4.78 is 3.21. The zero-order chi connectivity index (χ0) is 16.7. The maximum atomic E-state index is 12.2. The highest BCUT2D eigenvalue weighted by molar-refractivity contribution is 9.10. The molecule has 0 aliphatic heterocycles. The number of carbonyl (C=O) groups is 1. The zero-order valence-electron chi connectivity index (χ0n) is 12.6. The van der Waals surface area contributed by atoms with Crippen LogP contribution in [-0.4, -0.2) is 17.5 Å². The monoisotopic (exact) mass is 396 g/mol. The summed E-state index contributed by atoms with van der Waals surface area (Å²) in [7, 11) is 0. The average Bonchev–Trinajstić information content (AvgIpc) is 3.00. The van der Waals surface area contributed by atoms with Crippen LogP contribution < -0.4 is 0 Å². The second-order valence-corrected chi connectivity index (χ2v) is 7.52. The number of thiophene rings is 1. The van der Waals surface area contributed by atoms with Gasteiger partial charge < -0.3 is 5.11 Å². The van der Waals surface area contributed by atoms with Crippen molar-refractivity contribution in [3.05, 3.63) is 70.7 Å². The molecule has 0 fully saturated rings. The van der Waals surface area contributed by atoms with Gasteiger partial charge in [-0.2, -0.15) is 0 Å². The summed E-state index contributed by atoms with van der Waals surface area (Å²) in [4.78, 5) is 12.2. The SMILES string of the molecule is O=C(CO)c1cc(Br)ccc1-c1cccc2c1sc1ccccc12. The summed E-state index contributed by atoms with van der Waals surface area (Å²) in [5.41, 5.74) is 2.42. The third-order valence-electron chi connectivity index (χ3n) is 4.12. The number of carbonyl (C=O) groups excluding carboxylic acids is 1. The van der Waals surface area contributed by atoms with Crippen molar-refractivity contribution in [2.45, 2.75) is 0 Å². The second kappa shape index (κ2) is 6.13. The Hall–Kier alpha value is -2.01. The van der Waals surface area contributed by atoms with E-state index in [4.69, 9.17) is 0 Å².